The summed E-state index contributed by atoms with van der Waals surface area (Å²) in [6, 6.07) is 6.29. The Balaban J connectivity index is 1.76. The van der Waals surface area contributed by atoms with Crippen LogP contribution in [0.3, 0.4) is 0 Å². The number of aryl methyl sites for hydroxylation is 2. The second kappa shape index (κ2) is 8.05. The van der Waals surface area contributed by atoms with Gasteiger partial charge in [0.05, 0.1) is 10.6 Å². The first kappa shape index (κ1) is 20.5. The van der Waals surface area contributed by atoms with E-state index in [0.717, 1.165) is 6.42 Å². The normalized spacial score (nSPS) is 20.9. The summed E-state index contributed by atoms with van der Waals surface area (Å²) in [5.41, 5.74) is 1.55. The molecule has 1 saturated heterocycles. The molecule has 1 fully saturated rings. The van der Waals surface area contributed by atoms with E-state index in [1.807, 2.05) is 6.92 Å². The van der Waals surface area contributed by atoms with Gasteiger partial charge < -0.3 is 9.84 Å². The van der Waals surface area contributed by atoms with Gasteiger partial charge in [0.1, 0.15) is 11.3 Å². The lowest BCUT2D eigenvalue weighted by atomic mass is 9.94. The van der Waals surface area contributed by atoms with E-state index in [1.54, 1.807) is 23.4 Å². The third-order valence-corrected chi connectivity index (χ3v) is 6.93. The lowest BCUT2D eigenvalue weighted by Crippen LogP contribution is -2.42. The van der Waals surface area contributed by atoms with Crippen LogP contribution in [-0.2, 0) is 16.4 Å². The molecule has 1 aliphatic rings. The van der Waals surface area contributed by atoms with Crippen molar-refractivity contribution >= 4 is 21.6 Å². The van der Waals surface area contributed by atoms with Gasteiger partial charge in [-0.2, -0.15) is 4.31 Å². The number of anilines is 1. The van der Waals surface area contributed by atoms with Crippen molar-refractivity contribution in [1.82, 2.24) is 9.46 Å². The Morgan fingerprint density at radius 3 is 2.39 bits per heavy atom. The maximum atomic E-state index is 12.9. The number of aromatic nitrogens is 1. The number of sulfonamides is 1. The molecule has 2 aromatic rings. The minimum absolute atomic E-state index is 0.238. The average Bonchev–Trinajstić information content (AvgIpc) is 3.02. The topological polar surface area (TPSA) is 92.5 Å². The number of hydrogen-bond acceptors (Lipinski definition) is 5. The molecule has 1 aromatic carbocycles. The van der Waals surface area contributed by atoms with Crippen molar-refractivity contribution in [3.8, 4) is 0 Å². The fourth-order valence-corrected chi connectivity index (χ4v) is 5.48. The van der Waals surface area contributed by atoms with Gasteiger partial charge >= 0.3 is 0 Å². The van der Waals surface area contributed by atoms with Gasteiger partial charge in [0, 0.05) is 18.8 Å². The van der Waals surface area contributed by atoms with Crippen LogP contribution in [0.1, 0.15) is 49.0 Å². The Hall–Kier alpha value is -2.19. The molecule has 7 nitrogen and oxygen atoms in total. The van der Waals surface area contributed by atoms with Gasteiger partial charge in [-0.25, -0.2) is 8.42 Å². The highest BCUT2D eigenvalue weighted by molar-refractivity contribution is 7.89. The molecule has 0 saturated carbocycles. The van der Waals surface area contributed by atoms with Crippen molar-refractivity contribution < 1.29 is 17.7 Å². The van der Waals surface area contributed by atoms with Crippen LogP contribution in [0.2, 0.25) is 0 Å². The monoisotopic (exact) mass is 405 g/mol. The largest absolute Gasteiger partial charge is 0.361 e. The molecule has 1 amide bonds. The van der Waals surface area contributed by atoms with Crippen LogP contribution in [0.25, 0.3) is 0 Å². The van der Waals surface area contributed by atoms with E-state index in [4.69, 9.17) is 4.52 Å². The van der Waals surface area contributed by atoms with E-state index in [1.165, 1.54) is 12.1 Å². The van der Waals surface area contributed by atoms with Gasteiger partial charge in [0.25, 0.3) is 5.91 Å². The van der Waals surface area contributed by atoms with E-state index in [9.17, 15) is 13.2 Å². The quantitative estimate of drug-likeness (QED) is 0.822. The maximum absolute atomic E-state index is 12.9. The van der Waals surface area contributed by atoms with E-state index < -0.39 is 10.0 Å². The summed E-state index contributed by atoms with van der Waals surface area (Å²) in [6.07, 6.45) is 1.63. The molecule has 0 radical (unpaired) electrons. The van der Waals surface area contributed by atoms with Crippen LogP contribution in [0, 0.1) is 18.8 Å². The van der Waals surface area contributed by atoms with Crippen molar-refractivity contribution in [2.45, 2.75) is 45.4 Å². The number of rotatable bonds is 5. The van der Waals surface area contributed by atoms with Crippen molar-refractivity contribution in [3.63, 3.8) is 0 Å². The molecule has 0 aliphatic carbocycles. The van der Waals surface area contributed by atoms with Gasteiger partial charge in [0.2, 0.25) is 10.0 Å². The molecule has 2 unspecified atom stereocenters. The summed E-state index contributed by atoms with van der Waals surface area (Å²) in [5, 5.41) is 6.67. The third-order valence-electron chi connectivity index (χ3n) is 5.08. The molecule has 0 spiro atoms. The number of carbonyl (C=O) groups is 1. The number of carbonyl (C=O) groups excluding carboxylic acids is 1. The van der Waals surface area contributed by atoms with Crippen LogP contribution in [0.15, 0.2) is 33.7 Å². The number of benzene rings is 1. The van der Waals surface area contributed by atoms with Gasteiger partial charge in [0.15, 0.2) is 0 Å². The minimum Gasteiger partial charge on any atom is -0.361 e. The fourth-order valence-electron chi connectivity index (χ4n) is 3.81. The molecular weight excluding hydrogens is 378 g/mol. The number of piperidine rings is 1. The lowest BCUT2D eigenvalue weighted by molar-refractivity contribution is 0.102. The summed E-state index contributed by atoms with van der Waals surface area (Å²) in [4.78, 5) is 12.8. The van der Waals surface area contributed by atoms with Crippen molar-refractivity contribution in [2.75, 3.05) is 18.4 Å². The molecule has 1 aromatic heterocycles. The Morgan fingerprint density at radius 2 is 1.82 bits per heavy atom. The minimum atomic E-state index is -3.54. The standard InChI is InChI=1S/C20H27N3O4S/c1-5-18-19(15(4)27-22-18)20(24)21-16-6-8-17(9-7-16)28(25,26)23-11-13(2)10-14(3)12-23/h6-9,13-14H,5,10-12H2,1-4H3,(H,21,24). The Kier molecular flexibility index (Phi) is 5.90. The Morgan fingerprint density at radius 1 is 1.21 bits per heavy atom. The molecule has 3 rings (SSSR count). The maximum Gasteiger partial charge on any atom is 0.261 e. The van der Waals surface area contributed by atoms with Crippen molar-refractivity contribution in [1.29, 1.82) is 0 Å². The number of nitrogens with zero attached hydrogens (tertiary/aromatic N) is 2. The Bertz CT molecular complexity index is 940. The molecule has 8 heteroatoms. The molecule has 152 valence electrons. The van der Waals surface area contributed by atoms with E-state index in [-0.39, 0.29) is 10.8 Å². The molecular formula is C20H27N3O4S. The first-order valence-corrected chi connectivity index (χ1v) is 11.0. The van der Waals surface area contributed by atoms with E-state index >= 15 is 0 Å². The lowest BCUT2D eigenvalue weighted by Gasteiger charge is -2.34. The van der Waals surface area contributed by atoms with E-state index in [2.05, 4.69) is 24.3 Å². The summed E-state index contributed by atoms with van der Waals surface area (Å²) in [6.45, 7) is 8.82. The summed E-state index contributed by atoms with van der Waals surface area (Å²) < 4.78 is 32.6. The van der Waals surface area contributed by atoms with Gasteiger partial charge in [-0.1, -0.05) is 25.9 Å². The smallest absolute Gasteiger partial charge is 0.261 e. The number of hydrogen-bond donors (Lipinski definition) is 1. The first-order chi connectivity index (χ1) is 13.2. The highest BCUT2D eigenvalue weighted by Crippen LogP contribution is 2.27. The second-order valence-corrected chi connectivity index (χ2v) is 9.60. The molecule has 1 aliphatic heterocycles. The summed E-state index contributed by atoms with van der Waals surface area (Å²) in [5.74, 6) is 0.833. The molecule has 0 bridgehead atoms. The van der Waals surface area contributed by atoms with Crippen LogP contribution < -0.4 is 5.32 Å². The summed E-state index contributed by atoms with van der Waals surface area (Å²) >= 11 is 0. The molecule has 1 N–H and O–H groups in total. The van der Waals surface area contributed by atoms with Crippen LogP contribution in [0.4, 0.5) is 5.69 Å². The fraction of sp³-hybridized carbons (Fsp3) is 0.500. The molecule has 2 heterocycles. The SMILES string of the molecule is CCc1noc(C)c1C(=O)Nc1ccc(S(=O)(=O)N2CC(C)CC(C)C2)cc1. The third kappa shape index (κ3) is 4.12. The van der Waals surface area contributed by atoms with Crippen LogP contribution in [-0.4, -0.2) is 36.9 Å². The number of amides is 1. The van der Waals surface area contributed by atoms with E-state index in [0.29, 0.717) is 54.1 Å². The van der Waals surface area contributed by atoms with Gasteiger partial charge in [-0.15, -0.1) is 0 Å². The van der Waals surface area contributed by atoms with Crippen molar-refractivity contribution in [3.05, 3.63) is 41.3 Å². The predicted octanol–water partition coefficient (Wildman–Crippen LogP) is 3.46. The van der Waals surface area contributed by atoms with Crippen molar-refractivity contribution in [2.24, 2.45) is 11.8 Å². The Labute approximate surface area is 166 Å². The van der Waals surface area contributed by atoms with Crippen LogP contribution in [0.5, 0.6) is 0 Å². The zero-order valence-corrected chi connectivity index (χ0v) is 17.5. The second-order valence-electron chi connectivity index (χ2n) is 7.66. The van der Waals surface area contributed by atoms with Gasteiger partial charge in [-0.3, -0.25) is 4.79 Å². The zero-order valence-electron chi connectivity index (χ0n) is 16.7. The molecule has 28 heavy (non-hydrogen) atoms. The highest BCUT2D eigenvalue weighted by atomic mass is 32.2. The summed E-state index contributed by atoms with van der Waals surface area (Å²) in [7, 11) is -3.54. The highest BCUT2D eigenvalue weighted by Gasteiger charge is 2.31. The molecule has 2 atom stereocenters. The van der Waals surface area contributed by atoms with Gasteiger partial charge in [-0.05, 0) is 55.9 Å². The predicted molar refractivity (Wildman–Crippen MR) is 107 cm³/mol. The number of nitrogens with one attached hydrogen (secondary N) is 1. The first-order valence-electron chi connectivity index (χ1n) is 9.59. The average molecular weight is 406 g/mol. The van der Waals surface area contributed by atoms with Crippen LogP contribution >= 0.6 is 0 Å². The zero-order chi connectivity index (χ0) is 20.5.